The number of thiazole rings is 1. The van der Waals surface area contributed by atoms with Crippen molar-refractivity contribution < 1.29 is 14.3 Å². The lowest BCUT2D eigenvalue weighted by Crippen LogP contribution is -2.48. The molecule has 1 aliphatic heterocycles. The van der Waals surface area contributed by atoms with E-state index in [2.05, 4.69) is 4.98 Å². The maximum Gasteiger partial charge on any atom is 0.265 e. The predicted octanol–water partition coefficient (Wildman–Crippen LogP) is 2.29. The average Bonchev–Trinajstić information content (AvgIpc) is 3.27. The zero-order valence-electron chi connectivity index (χ0n) is 15.2. The Kier molecular flexibility index (Phi) is 4.57. The van der Waals surface area contributed by atoms with Gasteiger partial charge in [0.2, 0.25) is 6.41 Å². The van der Waals surface area contributed by atoms with E-state index >= 15 is 0 Å². The highest BCUT2D eigenvalue weighted by molar-refractivity contribution is 7.19. The van der Waals surface area contributed by atoms with Crippen LogP contribution in [0.1, 0.15) is 15.4 Å². The van der Waals surface area contributed by atoms with E-state index in [1.165, 1.54) is 11.3 Å². The van der Waals surface area contributed by atoms with E-state index in [1.807, 2.05) is 46.7 Å². The molecule has 2 amide bonds. The van der Waals surface area contributed by atoms with Gasteiger partial charge in [0.25, 0.3) is 5.91 Å². The van der Waals surface area contributed by atoms with Crippen molar-refractivity contribution in [3.8, 4) is 17.0 Å². The van der Waals surface area contributed by atoms with Crippen molar-refractivity contribution in [3.63, 3.8) is 0 Å². The molecule has 0 radical (unpaired) electrons. The van der Waals surface area contributed by atoms with Gasteiger partial charge < -0.3 is 14.5 Å². The summed E-state index contributed by atoms with van der Waals surface area (Å²) in [5.74, 6) is 0.818. The summed E-state index contributed by atoms with van der Waals surface area (Å²) in [5, 5.41) is 0. The maximum absolute atomic E-state index is 12.9. The normalized spacial score (nSPS) is 14.6. The van der Waals surface area contributed by atoms with Gasteiger partial charge in [-0.1, -0.05) is 11.3 Å². The van der Waals surface area contributed by atoms with E-state index < -0.39 is 0 Å². The first-order valence-electron chi connectivity index (χ1n) is 8.72. The lowest BCUT2D eigenvalue weighted by molar-refractivity contribution is -0.119. The van der Waals surface area contributed by atoms with Gasteiger partial charge in [0, 0.05) is 43.6 Å². The SMILES string of the molecule is COc1ccc(-c2cn3c(C)c(C(=O)N4CCN(C=O)CC4)sc3n2)cc1. The van der Waals surface area contributed by atoms with Crippen LogP contribution >= 0.6 is 11.3 Å². The second-order valence-electron chi connectivity index (χ2n) is 6.46. The molecule has 27 heavy (non-hydrogen) atoms. The zero-order valence-corrected chi connectivity index (χ0v) is 16.0. The molecule has 1 aliphatic rings. The van der Waals surface area contributed by atoms with Gasteiger partial charge in [0.1, 0.15) is 10.6 Å². The summed E-state index contributed by atoms with van der Waals surface area (Å²) in [6.07, 6.45) is 2.80. The van der Waals surface area contributed by atoms with Gasteiger partial charge in [-0.2, -0.15) is 0 Å². The second kappa shape index (κ2) is 7.03. The fourth-order valence-corrected chi connectivity index (χ4v) is 4.30. The highest BCUT2D eigenvalue weighted by atomic mass is 32.1. The number of imidazole rings is 1. The first-order valence-corrected chi connectivity index (χ1v) is 9.54. The molecule has 4 rings (SSSR count). The second-order valence-corrected chi connectivity index (χ2v) is 7.43. The number of piperazine rings is 1. The summed E-state index contributed by atoms with van der Waals surface area (Å²) in [4.78, 5) is 33.4. The van der Waals surface area contributed by atoms with Crippen LogP contribution in [0.3, 0.4) is 0 Å². The van der Waals surface area contributed by atoms with Crippen molar-refractivity contribution in [1.29, 1.82) is 0 Å². The van der Waals surface area contributed by atoms with Crippen molar-refractivity contribution in [2.45, 2.75) is 6.92 Å². The highest BCUT2D eigenvalue weighted by Gasteiger charge is 2.25. The number of amides is 2. The number of ether oxygens (including phenoxy) is 1. The Bertz CT molecular complexity index is 984. The van der Waals surface area contributed by atoms with E-state index in [0.29, 0.717) is 31.1 Å². The molecule has 1 saturated heterocycles. The summed E-state index contributed by atoms with van der Waals surface area (Å²) in [5.41, 5.74) is 2.76. The van der Waals surface area contributed by atoms with Gasteiger partial charge >= 0.3 is 0 Å². The fourth-order valence-electron chi connectivity index (χ4n) is 3.22. The molecule has 1 fully saturated rings. The summed E-state index contributed by atoms with van der Waals surface area (Å²) in [7, 11) is 1.64. The van der Waals surface area contributed by atoms with Crippen LogP contribution in [0.4, 0.5) is 0 Å². The van der Waals surface area contributed by atoms with E-state index in [9.17, 15) is 9.59 Å². The van der Waals surface area contributed by atoms with Crippen LogP contribution in [0.15, 0.2) is 30.5 Å². The van der Waals surface area contributed by atoms with Crippen molar-refractivity contribution in [2.75, 3.05) is 33.3 Å². The molecule has 140 valence electrons. The van der Waals surface area contributed by atoms with Crippen molar-refractivity contribution in [2.24, 2.45) is 0 Å². The molecule has 0 bridgehead atoms. The predicted molar refractivity (Wildman–Crippen MR) is 103 cm³/mol. The number of carbonyl (C=O) groups is 2. The minimum absolute atomic E-state index is 0.0135. The third-order valence-electron chi connectivity index (χ3n) is 4.89. The van der Waals surface area contributed by atoms with E-state index in [0.717, 1.165) is 34.1 Å². The van der Waals surface area contributed by atoms with E-state index in [4.69, 9.17) is 4.74 Å². The van der Waals surface area contributed by atoms with Crippen LogP contribution < -0.4 is 4.74 Å². The number of nitrogens with zero attached hydrogens (tertiary/aromatic N) is 4. The molecule has 0 aliphatic carbocycles. The van der Waals surface area contributed by atoms with Gasteiger partial charge in [-0.15, -0.1) is 0 Å². The lowest BCUT2D eigenvalue weighted by atomic mass is 10.2. The molecule has 0 atom stereocenters. The van der Waals surface area contributed by atoms with Crippen molar-refractivity contribution in [3.05, 3.63) is 41.0 Å². The van der Waals surface area contributed by atoms with Gasteiger partial charge in [-0.25, -0.2) is 4.98 Å². The molecule has 3 heterocycles. The molecular weight excluding hydrogens is 364 g/mol. The molecule has 0 unspecified atom stereocenters. The first kappa shape index (κ1) is 17.5. The van der Waals surface area contributed by atoms with Crippen LogP contribution in [0.2, 0.25) is 0 Å². The first-order chi connectivity index (χ1) is 13.1. The molecular formula is C19H20N4O3S. The summed E-state index contributed by atoms with van der Waals surface area (Å²) < 4.78 is 7.16. The van der Waals surface area contributed by atoms with E-state index in [1.54, 1.807) is 12.0 Å². The van der Waals surface area contributed by atoms with E-state index in [-0.39, 0.29) is 5.91 Å². The van der Waals surface area contributed by atoms with Gasteiger partial charge in [-0.3, -0.25) is 14.0 Å². The number of benzene rings is 1. The van der Waals surface area contributed by atoms with Crippen LogP contribution in [0.5, 0.6) is 5.75 Å². The number of hydrogen-bond acceptors (Lipinski definition) is 5. The number of fused-ring (bicyclic) bond motifs is 1. The van der Waals surface area contributed by atoms with Gasteiger partial charge in [0.15, 0.2) is 4.96 Å². The number of aryl methyl sites for hydroxylation is 1. The summed E-state index contributed by atoms with van der Waals surface area (Å²) >= 11 is 1.41. The number of methoxy groups -OCH3 is 1. The Morgan fingerprint density at radius 3 is 2.48 bits per heavy atom. The minimum Gasteiger partial charge on any atom is -0.497 e. The molecule has 3 aromatic rings. The zero-order chi connectivity index (χ0) is 19.0. The smallest absolute Gasteiger partial charge is 0.265 e. The van der Waals surface area contributed by atoms with Crippen LogP contribution in [0, 0.1) is 6.92 Å². The Balaban J connectivity index is 1.58. The Morgan fingerprint density at radius 2 is 1.89 bits per heavy atom. The summed E-state index contributed by atoms with van der Waals surface area (Å²) in [6, 6.07) is 7.76. The quantitative estimate of drug-likeness (QED) is 0.648. The molecule has 0 N–H and O–H groups in total. The third-order valence-corrected chi connectivity index (χ3v) is 6.03. The van der Waals surface area contributed by atoms with Crippen LogP contribution in [-0.2, 0) is 4.79 Å². The van der Waals surface area contributed by atoms with Crippen molar-refractivity contribution >= 4 is 28.6 Å². The monoisotopic (exact) mass is 384 g/mol. The maximum atomic E-state index is 12.9. The molecule has 1 aromatic carbocycles. The molecule has 2 aromatic heterocycles. The number of hydrogen-bond donors (Lipinski definition) is 0. The molecule has 8 heteroatoms. The molecule has 7 nitrogen and oxygen atoms in total. The topological polar surface area (TPSA) is 67.2 Å². The Hall–Kier alpha value is -2.87. The fraction of sp³-hybridized carbons (Fsp3) is 0.316. The highest BCUT2D eigenvalue weighted by Crippen LogP contribution is 2.29. The summed E-state index contributed by atoms with van der Waals surface area (Å²) in [6.45, 7) is 4.23. The van der Waals surface area contributed by atoms with Gasteiger partial charge in [-0.05, 0) is 31.2 Å². The van der Waals surface area contributed by atoms with Crippen LogP contribution in [-0.4, -0.2) is 64.8 Å². The Labute approximate surface area is 160 Å². The third kappa shape index (κ3) is 3.16. The number of carbonyl (C=O) groups excluding carboxylic acids is 2. The molecule has 0 spiro atoms. The standard InChI is InChI=1S/C19H20N4O3S/c1-13-17(18(25)22-9-7-21(12-24)8-10-22)27-19-20-16(11-23(13)19)14-3-5-15(26-2)6-4-14/h3-6,11-12H,7-10H2,1-2H3. The van der Waals surface area contributed by atoms with Crippen LogP contribution in [0.25, 0.3) is 16.2 Å². The van der Waals surface area contributed by atoms with Gasteiger partial charge in [0.05, 0.1) is 12.8 Å². The average molecular weight is 384 g/mol. The van der Waals surface area contributed by atoms with Crippen molar-refractivity contribution in [1.82, 2.24) is 19.2 Å². The molecule has 0 saturated carbocycles. The minimum atomic E-state index is 0.0135. The Morgan fingerprint density at radius 1 is 1.19 bits per heavy atom. The largest absolute Gasteiger partial charge is 0.497 e. The number of rotatable bonds is 4. The number of aromatic nitrogens is 2. The lowest BCUT2D eigenvalue weighted by Gasteiger charge is -2.32.